The number of rotatable bonds is 4. The van der Waals surface area contributed by atoms with E-state index in [2.05, 4.69) is 32.7 Å². The molecule has 0 amide bonds. The summed E-state index contributed by atoms with van der Waals surface area (Å²) >= 11 is 3.30. The highest BCUT2D eigenvalue weighted by Crippen LogP contribution is 2.36. The highest BCUT2D eigenvalue weighted by Gasteiger charge is 2.26. The molecule has 0 aromatic heterocycles. The largest absolute Gasteiger partial charge is 0.505 e. The quantitative estimate of drug-likeness (QED) is 0.728. The van der Waals surface area contributed by atoms with Crippen molar-refractivity contribution >= 4 is 40.7 Å². The van der Waals surface area contributed by atoms with Crippen LogP contribution in [-0.2, 0) is 0 Å². The smallest absolute Gasteiger partial charge is 0.166 e. The molecule has 1 saturated heterocycles. The molecule has 22 heavy (non-hydrogen) atoms. The summed E-state index contributed by atoms with van der Waals surface area (Å²) in [5, 5.41) is 13.4. The Morgan fingerprint density at radius 1 is 1.41 bits per heavy atom. The van der Waals surface area contributed by atoms with E-state index < -0.39 is 5.82 Å². The maximum absolute atomic E-state index is 13.8. The zero-order chi connectivity index (χ0) is 14.7. The average molecular weight is 416 g/mol. The number of hydrogen-bond donors (Lipinski definition) is 2. The van der Waals surface area contributed by atoms with Crippen molar-refractivity contribution in [2.45, 2.75) is 19.4 Å². The Balaban J connectivity index is 0.00000220. The van der Waals surface area contributed by atoms with Crippen molar-refractivity contribution in [3.05, 3.63) is 40.1 Å². The number of phenols is 1. The van der Waals surface area contributed by atoms with E-state index >= 15 is 0 Å². The Morgan fingerprint density at radius 2 is 2.00 bits per heavy atom. The van der Waals surface area contributed by atoms with Gasteiger partial charge in [-0.25, -0.2) is 4.39 Å². The van der Waals surface area contributed by atoms with Crippen LogP contribution >= 0.6 is 40.7 Å². The van der Waals surface area contributed by atoms with Crippen molar-refractivity contribution < 1.29 is 9.50 Å². The Bertz CT molecular complexity index is 511. The minimum absolute atomic E-state index is 0. The third-order valence-electron chi connectivity index (χ3n) is 3.55. The zero-order valence-electron chi connectivity index (χ0n) is 12.4. The van der Waals surface area contributed by atoms with Crippen molar-refractivity contribution in [2.75, 3.05) is 26.2 Å². The van der Waals surface area contributed by atoms with Crippen LogP contribution in [0.5, 0.6) is 5.75 Å². The van der Waals surface area contributed by atoms with Crippen molar-refractivity contribution in [1.29, 1.82) is 0 Å². The van der Waals surface area contributed by atoms with Gasteiger partial charge in [0.15, 0.2) is 11.6 Å². The number of piperazine rings is 1. The number of benzene rings is 1. The van der Waals surface area contributed by atoms with Gasteiger partial charge in [0.1, 0.15) is 0 Å². The fourth-order valence-corrected chi connectivity index (χ4v) is 3.05. The minimum Gasteiger partial charge on any atom is -0.505 e. The molecular formula is C15H22BrCl2FN2O. The lowest BCUT2D eigenvalue weighted by molar-refractivity contribution is 0.169. The number of halogens is 4. The molecule has 0 radical (unpaired) electrons. The first-order valence-electron chi connectivity index (χ1n) is 6.76. The Kier molecular flexibility index (Phi) is 9.58. The third kappa shape index (κ3) is 5.39. The van der Waals surface area contributed by atoms with E-state index in [0.717, 1.165) is 31.8 Å². The maximum Gasteiger partial charge on any atom is 0.166 e. The summed E-state index contributed by atoms with van der Waals surface area (Å²) in [6.45, 7) is 9.49. The normalized spacial score (nSPS) is 16.3. The number of nitrogens with one attached hydrogen (secondary N) is 1. The summed E-state index contributed by atoms with van der Waals surface area (Å²) in [6.07, 6.45) is 0.712. The van der Waals surface area contributed by atoms with Crippen LogP contribution in [0.2, 0.25) is 0 Å². The van der Waals surface area contributed by atoms with Gasteiger partial charge in [0.2, 0.25) is 0 Å². The van der Waals surface area contributed by atoms with E-state index in [0.29, 0.717) is 16.5 Å². The molecule has 0 aliphatic carbocycles. The van der Waals surface area contributed by atoms with Crippen molar-refractivity contribution in [3.63, 3.8) is 0 Å². The van der Waals surface area contributed by atoms with E-state index in [-0.39, 0.29) is 36.6 Å². The molecule has 1 aliphatic heterocycles. The van der Waals surface area contributed by atoms with Gasteiger partial charge in [-0.2, -0.15) is 0 Å². The average Bonchev–Trinajstić information content (AvgIpc) is 2.41. The molecule has 1 aromatic rings. The first-order chi connectivity index (χ1) is 9.49. The molecule has 0 bridgehead atoms. The van der Waals surface area contributed by atoms with Gasteiger partial charge in [-0.1, -0.05) is 21.5 Å². The number of phenolic OH excluding ortho intramolecular Hbond substituents is 1. The van der Waals surface area contributed by atoms with Gasteiger partial charge >= 0.3 is 0 Å². The lowest BCUT2D eigenvalue weighted by Crippen LogP contribution is -2.45. The first-order valence-corrected chi connectivity index (χ1v) is 7.55. The summed E-state index contributed by atoms with van der Waals surface area (Å²) in [5.74, 6) is -0.839. The second-order valence-electron chi connectivity index (χ2n) is 5.29. The number of hydrogen-bond acceptors (Lipinski definition) is 3. The van der Waals surface area contributed by atoms with Crippen LogP contribution in [0.15, 0.2) is 28.8 Å². The first kappa shape index (κ1) is 21.7. The highest BCUT2D eigenvalue weighted by atomic mass is 79.9. The molecule has 1 fully saturated rings. The molecule has 2 N–H and O–H groups in total. The third-order valence-corrected chi connectivity index (χ3v) is 4.01. The second-order valence-corrected chi connectivity index (χ2v) is 6.20. The van der Waals surface area contributed by atoms with Crippen LogP contribution in [-0.4, -0.2) is 36.2 Å². The molecule has 3 nitrogen and oxygen atoms in total. The lowest BCUT2D eigenvalue weighted by atomic mass is 9.97. The van der Waals surface area contributed by atoms with Crippen LogP contribution in [0.3, 0.4) is 0 Å². The van der Waals surface area contributed by atoms with Crippen LogP contribution < -0.4 is 5.32 Å². The zero-order valence-corrected chi connectivity index (χ0v) is 15.7. The molecule has 1 aromatic carbocycles. The summed E-state index contributed by atoms with van der Waals surface area (Å²) in [5.41, 5.74) is 1.65. The lowest BCUT2D eigenvalue weighted by Gasteiger charge is -2.35. The number of aromatic hydroxyl groups is 1. The van der Waals surface area contributed by atoms with Gasteiger partial charge < -0.3 is 10.4 Å². The van der Waals surface area contributed by atoms with E-state index in [1.807, 2.05) is 6.92 Å². The second kappa shape index (κ2) is 9.73. The van der Waals surface area contributed by atoms with E-state index in [1.54, 1.807) is 6.07 Å². The predicted molar refractivity (Wildman–Crippen MR) is 96.9 cm³/mol. The Hall–Kier alpha value is -0.330. The SMILES string of the molecule is C=C(C)C[C@@H](c1cc(Br)cc(F)c1O)N1CCNCC1.Cl.Cl. The molecule has 1 aliphatic rings. The molecular weight excluding hydrogens is 394 g/mol. The van der Waals surface area contributed by atoms with Gasteiger partial charge in [-0.05, 0) is 25.5 Å². The predicted octanol–water partition coefficient (Wildman–Crippen LogP) is 4.05. The van der Waals surface area contributed by atoms with Crippen LogP contribution in [0.4, 0.5) is 4.39 Å². The monoisotopic (exact) mass is 414 g/mol. The van der Waals surface area contributed by atoms with Gasteiger partial charge in [-0.15, -0.1) is 31.4 Å². The molecule has 1 atom stereocenters. The fraction of sp³-hybridized carbons (Fsp3) is 0.467. The summed E-state index contributed by atoms with van der Waals surface area (Å²) < 4.78 is 14.4. The molecule has 1 heterocycles. The van der Waals surface area contributed by atoms with Crippen LogP contribution in [0, 0.1) is 5.82 Å². The minimum atomic E-state index is -0.587. The van der Waals surface area contributed by atoms with Crippen LogP contribution in [0.25, 0.3) is 0 Å². The molecule has 2 rings (SSSR count). The Labute approximate surface area is 151 Å². The molecule has 0 saturated carbocycles. The topological polar surface area (TPSA) is 35.5 Å². The Morgan fingerprint density at radius 3 is 2.55 bits per heavy atom. The van der Waals surface area contributed by atoms with Crippen molar-refractivity contribution in [2.24, 2.45) is 0 Å². The molecule has 7 heteroatoms. The summed E-state index contributed by atoms with van der Waals surface area (Å²) in [7, 11) is 0. The van der Waals surface area contributed by atoms with Gasteiger partial charge in [0.05, 0.1) is 0 Å². The fourth-order valence-electron chi connectivity index (χ4n) is 2.60. The van der Waals surface area contributed by atoms with E-state index in [9.17, 15) is 9.50 Å². The van der Waals surface area contributed by atoms with Crippen molar-refractivity contribution in [1.82, 2.24) is 10.2 Å². The summed E-state index contributed by atoms with van der Waals surface area (Å²) in [4.78, 5) is 2.27. The van der Waals surface area contributed by atoms with Gasteiger partial charge in [0.25, 0.3) is 0 Å². The molecule has 0 spiro atoms. The maximum atomic E-state index is 13.8. The van der Waals surface area contributed by atoms with Gasteiger partial charge in [0, 0.05) is 42.3 Å². The summed E-state index contributed by atoms with van der Waals surface area (Å²) in [6, 6.07) is 3.05. The van der Waals surface area contributed by atoms with E-state index in [1.165, 1.54) is 6.07 Å². The molecule has 126 valence electrons. The highest BCUT2D eigenvalue weighted by molar-refractivity contribution is 9.10. The standard InChI is InChI=1S/C15H20BrFN2O.2ClH/c1-10(2)7-14(19-5-3-18-4-6-19)12-8-11(16)9-13(17)15(12)20;;/h8-9,14,18,20H,1,3-7H2,2H3;2*1H/t14-;;/m0../s1. The van der Waals surface area contributed by atoms with E-state index in [4.69, 9.17) is 0 Å². The molecule has 0 unspecified atom stereocenters. The van der Waals surface area contributed by atoms with Crippen LogP contribution in [0.1, 0.15) is 24.9 Å². The van der Waals surface area contributed by atoms with Gasteiger partial charge in [-0.3, -0.25) is 4.90 Å². The number of nitrogens with zero attached hydrogens (tertiary/aromatic N) is 1. The van der Waals surface area contributed by atoms with Crippen molar-refractivity contribution in [3.8, 4) is 5.75 Å².